The van der Waals surface area contributed by atoms with Gasteiger partial charge in [0, 0.05) is 0 Å². The van der Waals surface area contributed by atoms with Crippen molar-refractivity contribution in [2.24, 2.45) is 0 Å². The molecular weight excluding hydrogens is 490 g/mol. The van der Waals surface area contributed by atoms with Crippen molar-refractivity contribution in [3.8, 4) is 0 Å². The molecule has 2 rings (SSSR count). The third kappa shape index (κ3) is 5.27. The van der Waals surface area contributed by atoms with Gasteiger partial charge in [-0.15, -0.1) is 0 Å². The van der Waals surface area contributed by atoms with E-state index in [1.165, 1.54) is 18.3 Å². The fraction of sp³-hybridized carbons (Fsp3) is 0.286. The van der Waals surface area contributed by atoms with Crippen LogP contribution in [0.1, 0.15) is 11.1 Å². The molecule has 0 radical (unpaired) electrons. The van der Waals surface area contributed by atoms with Crippen molar-refractivity contribution in [1.82, 2.24) is 0 Å². The number of hydrogen-bond acceptors (Lipinski definition) is 0. The molecule has 0 spiro atoms. The van der Waals surface area contributed by atoms with Gasteiger partial charge in [-0.3, -0.25) is 0 Å². The maximum absolute atomic E-state index is 3.99. The minimum absolute atomic E-state index is 1.37. The Morgan fingerprint density at radius 2 is 0.870 bits per heavy atom. The molecule has 0 atom stereocenters. The van der Waals surface area contributed by atoms with Gasteiger partial charge < -0.3 is 0 Å². The van der Waals surface area contributed by atoms with E-state index in [1.54, 1.807) is 0 Å². The molecule has 0 saturated carbocycles. The molecule has 2 heteroatoms. The molecule has 0 fully saturated rings. The van der Waals surface area contributed by atoms with Crippen molar-refractivity contribution in [3.63, 3.8) is 0 Å². The van der Waals surface area contributed by atoms with Crippen LogP contribution in [-0.4, -0.2) is 36.8 Å². The van der Waals surface area contributed by atoms with Gasteiger partial charge in [0.05, 0.1) is 0 Å². The summed E-state index contributed by atoms with van der Waals surface area (Å²) in [6.45, 7) is 0. The molecule has 0 aromatic heterocycles. The van der Waals surface area contributed by atoms with Crippen LogP contribution in [0.4, 0.5) is 0 Å². The second-order valence-corrected chi connectivity index (χ2v) is 36.6. The Morgan fingerprint density at radius 1 is 0.565 bits per heavy atom. The predicted molar refractivity (Wildman–Crippen MR) is 110 cm³/mol. The van der Waals surface area contributed by atoms with E-state index in [9.17, 15) is 0 Å². The van der Waals surface area contributed by atoms with Crippen LogP contribution in [0.5, 0.6) is 0 Å². The first-order valence-corrected chi connectivity index (χ1v) is 28.3. The minimum atomic E-state index is -2.28. The third-order valence-electron chi connectivity index (χ3n) is 3.87. The predicted octanol–water partition coefficient (Wildman–Crippen LogP) is 6.51. The molecular formula is C21H28Sn2. The molecule has 0 saturated heterocycles. The van der Waals surface area contributed by atoms with Crippen molar-refractivity contribution in [1.29, 1.82) is 0 Å². The van der Waals surface area contributed by atoms with Crippen molar-refractivity contribution >= 4 is 43.9 Å². The van der Waals surface area contributed by atoms with Crippen LogP contribution in [0.15, 0.2) is 66.4 Å². The van der Waals surface area contributed by atoms with E-state index in [-0.39, 0.29) is 0 Å². The van der Waals surface area contributed by atoms with E-state index < -0.39 is 36.8 Å². The number of hydrogen-bond donors (Lipinski definition) is 0. The summed E-state index contributed by atoms with van der Waals surface area (Å²) in [4.78, 5) is 14.9. The topological polar surface area (TPSA) is 0 Å². The Hall–Kier alpha value is -0.443. The van der Waals surface area contributed by atoms with Crippen LogP contribution in [0.3, 0.4) is 0 Å². The Balaban J connectivity index is 2.81. The van der Waals surface area contributed by atoms with E-state index in [2.05, 4.69) is 96.0 Å². The molecule has 2 aromatic carbocycles. The van der Waals surface area contributed by atoms with Crippen LogP contribution in [0.2, 0.25) is 29.6 Å². The monoisotopic (exact) mass is 520 g/mol. The Kier molecular flexibility index (Phi) is 6.27. The molecule has 0 unspecified atom stereocenters. The molecule has 0 amide bonds. The summed E-state index contributed by atoms with van der Waals surface area (Å²) in [7, 11) is 0. The summed E-state index contributed by atoms with van der Waals surface area (Å²) < 4.78 is 3.04. The maximum atomic E-state index is 3.99. The zero-order valence-corrected chi connectivity index (χ0v) is 21.0. The van der Waals surface area contributed by atoms with E-state index in [4.69, 9.17) is 0 Å². The van der Waals surface area contributed by atoms with Crippen LogP contribution in [0, 0.1) is 0 Å². The fourth-order valence-corrected chi connectivity index (χ4v) is 12.5. The molecule has 0 aliphatic rings. The first-order valence-electron chi connectivity index (χ1n) is 8.32. The molecule has 120 valence electrons. The van der Waals surface area contributed by atoms with Crippen LogP contribution in [-0.2, 0) is 0 Å². The van der Waals surface area contributed by atoms with Gasteiger partial charge in [-0.2, -0.15) is 0 Å². The fourth-order valence-electron chi connectivity index (χ4n) is 2.72. The average molecular weight is 518 g/mol. The van der Waals surface area contributed by atoms with E-state index in [0.29, 0.717) is 0 Å². The molecule has 23 heavy (non-hydrogen) atoms. The zero-order chi connectivity index (χ0) is 17.1. The molecule has 0 aliphatic heterocycles. The van der Waals surface area contributed by atoms with Gasteiger partial charge in [-0.05, 0) is 0 Å². The second kappa shape index (κ2) is 7.63. The van der Waals surface area contributed by atoms with Gasteiger partial charge in [0.2, 0.25) is 0 Å². The van der Waals surface area contributed by atoms with Crippen LogP contribution < -0.4 is 0 Å². The van der Waals surface area contributed by atoms with Crippen LogP contribution >= 0.6 is 0 Å². The number of benzene rings is 2. The first kappa shape index (κ1) is 18.9. The van der Waals surface area contributed by atoms with E-state index in [0.717, 1.165) is 0 Å². The molecule has 0 nitrogen and oxygen atoms in total. The molecule has 0 bridgehead atoms. The summed E-state index contributed by atoms with van der Waals surface area (Å²) in [5.74, 6) is 0. The molecule has 0 N–H and O–H groups in total. The van der Waals surface area contributed by atoms with Gasteiger partial charge in [-0.25, -0.2) is 0 Å². The third-order valence-corrected chi connectivity index (χ3v) is 14.8. The van der Waals surface area contributed by atoms with Gasteiger partial charge in [0.25, 0.3) is 0 Å². The van der Waals surface area contributed by atoms with Crippen molar-refractivity contribution in [3.05, 3.63) is 77.5 Å². The Morgan fingerprint density at radius 3 is 1.13 bits per heavy atom. The second-order valence-electron chi connectivity index (χ2n) is 8.11. The summed E-state index contributed by atoms with van der Waals surface area (Å²) in [6, 6.07) is 21.8. The Bertz CT molecular complexity index is 646. The SMILES string of the molecule is [CH3][Sn]([CH3])([CH3])[C](=C=[C](c1ccccc1)[Sn]([CH3])([CH3])[CH3])c1ccccc1. The van der Waals surface area contributed by atoms with Gasteiger partial charge in [0.1, 0.15) is 0 Å². The summed E-state index contributed by atoms with van der Waals surface area (Å²) in [5.41, 5.74) is 6.74. The average Bonchev–Trinajstić information content (AvgIpc) is 2.47. The molecule has 2 aromatic rings. The first-order chi connectivity index (χ1) is 10.7. The van der Waals surface area contributed by atoms with Crippen molar-refractivity contribution in [2.75, 3.05) is 0 Å². The van der Waals surface area contributed by atoms with Gasteiger partial charge >= 0.3 is 151 Å². The zero-order valence-electron chi connectivity index (χ0n) is 15.3. The quantitative estimate of drug-likeness (QED) is 0.320. The Labute approximate surface area is 150 Å². The van der Waals surface area contributed by atoms with Gasteiger partial charge in [0.15, 0.2) is 0 Å². The number of rotatable bonds is 4. The summed E-state index contributed by atoms with van der Waals surface area (Å²) >= 11 is -4.56. The normalized spacial score (nSPS) is 11.7. The van der Waals surface area contributed by atoms with Gasteiger partial charge in [-0.1, -0.05) is 0 Å². The van der Waals surface area contributed by atoms with Crippen molar-refractivity contribution in [2.45, 2.75) is 29.6 Å². The standard InChI is InChI=1S/C15H10.6CH3.2Sn/c1-3-8-14(9-4-1)12-7-13-15-10-5-2-6-11-15;;;;;;;;/h1-6,8-11H;6*1H3;;. The van der Waals surface area contributed by atoms with E-state index in [1.807, 2.05) is 0 Å². The summed E-state index contributed by atoms with van der Waals surface area (Å²) in [6.07, 6.45) is 0. The van der Waals surface area contributed by atoms with Crippen LogP contribution in [0.25, 0.3) is 7.18 Å². The molecule has 0 aliphatic carbocycles. The summed E-state index contributed by atoms with van der Waals surface area (Å²) in [5, 5.41) is 0. The van der Waals surface area contributed by atoms with E-state index >= 15 is 0 Å². The van der Waals surface area contributed by atoms with Crippen molar-refractivity contribution < 1.29 is 0 Å². The molecule has 0 heterocycles.